The molecule has 0 fully saturated rings. The highest BCUT2D eigenvalue weighted by atomic mass is 32.1. The molecule has 0 spiro atoms. The fourth-order valence-electron chi connectivity index (χ4n) is 4.03. The molecule has 0 saturated heterocycles. The van der Waals surface area contributed by atoms with E-state index in [1.807, 2.05) is 48.7 Å². The van der Waals surface area contributed by atoms with Crippen molar-refractivity contribution in [2.24, 2.45) is 0 Å². The summed E-state index contributed by atoms with van der Waals surface area (Å²) in [5.41, 5.74) is 3.68. The second-order valence-electron chi connectivity index (χ2n) is 7.50. The standard InChI is InChI=1S/C23H19N3O4S/c1-13-10-15-6-3-4-7-18(15)26(13)20(27)12-29-23(28)16-11-17(19-8-5-9-31-19)24-22-21(16)14(2)25-30-22/h3-9,11,13H,10,12H2,1-2H3. The Morgan fingerprint density at radius 2 is 2.10 bits per heavy atom. The van der Waals surface area contributed by atoms with Gasteiger partial charge >= 0.3 is 5.97 Å². The monoisotopic (exact) mass is 433 g/mol. The number of ether oxygens (including phenoxy) is 1. The minimum absolute atomic E-state index is 0.0157. The minimum atomic E-state index is -0.606. The van der Waals surface area contributed by atoms with Crippen molar-refractivity contribution in [2.75, 3.05) is 11.5 Å². The normalized spacial score (nSPS) is 15.3. The first-order chi connectivity index (χ1) is 15.0. The number of pyridine rings is 1. The lowest BCUT2D eigenvalue weighted by atomic mass is 10.1. The molecule has 1 atom stereocenters. The highest BCUT2D eigenvalue weighted by Crippen LogP contribution is 2.32. The molecule has 3 aromatic heterocycles. The number of para-hydroxylation sites is 1. The molecule has 1 aliphatic rings. The number of anilines is 1. The van der Waals surface area contributed by atoms with Crippen LogP contribution < -0.4 is 4.90 Å². The summed E-state index contributed by atoms with van der Waals surface area (Å²) < 4.78 is 10.7. The van der Waals surface area contributed by atoms with Crippen LogP contribution in [0.1, 0.15) is 28.5 Å². The van der Waals surface area contributed by atoms with Crippen molar-refractivity contribution < 1.29 is 18.8 Å². The van der Waals surface area contributed by atoms with E-state index in [4.69, 9.17) is 9.26 Å². The van der Waals surface area contributed by atoms with Crippen LogP contribution in [0.5, 0.6) is 0 Å². The fourth-order valence-corrected chi connectivity index (χ4v) is 4.71. The number of nitrogens with zero attached hydrogens (tertiary/aromatic N) is 3. The molecule has 7 nitrogen and oxygen atoms in total. The van der Waals surface area contributed by atoms with Gasteiger partial charge in [-0.1, -0.05) is 29.4 Å². The Labute approximate surface area is 182 Å². The molecule has 1 aliphatic heterocycles. The molecule has 0 radical (unpaired) electrons. The summed E-state index contributed by atoms with van der Waals surface area (Å²) in [6, 6.07) is 13.3. The van der Waals surface area contributed by atoms with E-state index in [9.17, 15) is 9.59 Å². The first kappa shape index (κ1) is 19.4. The summed E-state index contributed by atoms with van der Waals surface area (Å²) in [5.74, 6) is -0.860. The average Bonchev–Trinajstić information content (AvgIpc) is 3.50. The van der Waals surface area contributed by atoms with Gasteiger partial charge in [-0.2, -0.15) is 0 Å². The summed E-state index contributed by atoms with van der Waals surface area (Å²) in [6.45, 7) is 3.38. The van der Waals surface area contributed by atoms with E-state index in [0.717, 1.165) is 22.5 Å². The summed E-state index contributed by atoms with van der Waals surface area (Å²) in [5, 5.41) is 6.36. The molecule has 156 valence electrons. The van der Waals surface area contributed by atoms with E-state index in [-0.39, 0.29) is 29.8 Å². The third kappa shape index (κ3) is 3.38. The summed E-state index contributed by atoms with van der Waals surface area (Å²) in [6.07, 6.45) is 0.783. The van der Waals surface area contributed by atoms with Gasteiger partial charge < -0.3 is 14.2 Å². The third-order valence-corrected chi connectivity index (χ3v) is 6.31. The largest absolute Gasteiger partial charge is 0.452 e. The molecule has 0 saturated carbocycles. The molecule has 1 amide bonds. The fraction of sp³-hybridized carbons (Fsp3) is 0.217. The van der Waals surface area contributed by atoms with Gasteiger partial charge in [0.1, 0.15) is 0 Å². The van der Waals surface area contributed by atoms with E-state index >= 15 is 0 Å². The van der Waals surface area contributed by atoms with Crippen LogP contribution in [0.25, 0.3) is 21.7 Å². The van der Waals surface area contributed by atoms with Crippen LogP contribution in [0.15, 0.2) is 52.4 Å². The first-order valence-corrected chi connectivity index (χ1v) is 10.8. The zero-order valence-corrected chi connectivity index (χ0v) is 17.8. The van der Waals surface area contributed by atoms with Gasteiger partial charge in [-0.05, 0) is 49.4 Å². The van der Waals surface area contributed by atoms with Gasteiger partial charge in [-0.25, -0.2) is 9.78 Å². The summed E-state index contributed by atoms with van der Waals surface area (Å²) >= 11 is 1.50. The Balaban J connectivity index is 1.41. The maximum atomic E-state index is 13.0. The van der Waals surface area contributed by atoms with Crippen LogP contribution >= 0.6 is 11.3 Å². The van der Waals surface area contributed by atoms with Crippen LogP contribution in [-0.4, -0.2) is 34.7 Å². The van der Waals surface area contributed by atoms with Crippen molar-refractivity contribution in [3.05, 3.63) is 64.7 Å². The van der Waals surface area contributed by atoms with Crippen LogP contribution in [0.4, 0.5) is 5.69 Å². The number of amides is 1. The molecule has 0 aliphatic carbocycles. The van der Waals surface area contributed by atoms with Crippen LogP contribution in [-0.2, 0) is 16.0 Å². The second kappa shape index (κ2) is 7.63. The number of hydrogen-bond acceptors (Lipinski definition) is 7. The number of aryl methyl sites for hydroxylation is 1. The number of fused-ring (bicyclic) bond motifs is 2. The molecule has 8 heteroatoms. The lowest BCUT2D eigenvalue weighted by molar-refractivity contribution is -0.122. The number of thiophene rings is 1. The van der Waals surface area contributed by atoms with Crippen molar-refractivity contribution in [1.29, 1.82) is 0 Å². The topological polar surface area (TPSA) is 85.5 Å². The van der Waals surface area contributed by atoms with Gasteiger partial charge in [0.15, 0.2) is 6.61 Å². The van der Waals surface area contributed by atoms with Gasteiger partial charge in [0.25, 0.3) is 11.6 Å². The van der Waals surface area contributed by atoms with E-state index in [0.29, 0.717) is 16.8 Å². The predicted octanol–water partition coefficient (Wildman–Crippen LogP) is 4.39. The van der Waals surface area contributed by atoms with Crippen molar-refractivity contribution in [1.82, 2.24) is 10.1 Å². The number of hydrogen-bond donors (Lipinski definition) is 0. The van der Waals surface area contributed by atoms with Crippen LogP contribution in [0, 0.1) is 6.92 Å². The number of aromatic nitrogens is 2. The molecule has 1 aromatic carbocycles. The Hall–Kier alpha value is -3.52. The molecule has 1 unspecified atom stereocenters. The molecular weight excluding hydrogens is 414 g/mol. The third-order valence-electron chi connectivity index (χ3n) is 5.41. The number of carbonyl (C=O) groups is 2. The second-order valence-corrected chi connectivity index (χ2v) is 8.45. The molecule has 4 heterocycles. The van der Waals surface area contributed by atoms with E-state index in [1.165, 1.54) is 11.3 Å². The molecule has 0 N–H and O–H groups in total. The van der Waals surface area contributed by atoms with Crippen LogP contribution in [0.3, 0.4) is 0 Å². The van der Waals surface area contributed by atoms with Gasteiger partial charge in [0.05, 0.1) is 27.2 Å². The van der Waals surface area contributed by atoms with E-state index in [2.05, 4.69) is 10.1 Å². The van der Waals surface area contributed by atoms with Crippen molar-refractivity contribution in [3.8, 4) is 10.6 Å². The van der Waals surface area contributed by atoms with Gasteiger partial charge in [0.2, 0.25) is 0 Å². The zero-order valence-electron chi connectivity index (χ0n) is 17.0. The smallest absolute Gasteiger partial charge is 0.339 e. The maximum absolute atomic E-state index is 13.0. The number of esters is 1. The summed E-state index contributed by atoms with van der Waals surface area (Å²) in [7, 11) is 0. The predicted molar refractivity (Wildman–Crippen MR) is 117 cm³/mol. The molecule has 0 bridgehead atoms. The Kier molecular flexibility index (Phi) is 4.78. The minimum Gasteiger partial charge on any atom is -0.452 e. The van der Waals surface area contributed by atoms with Crippen molar-refractivity contribution in [2.45, 2.75) is 26.3 Å². The summed E-state index contributed by atoms with van der Waals surface area (Å²) in [4.78, 5) is 33.0. The maximum Gasteiger partial charge on any atom is 0.339 e. The molecule has 4 aromatic rings. The highest BCUT2D eigenvalue weighted by molar-refractivity contribution is 7.13. The lowest BCUT2D eigenvalue weighted by Crippen LogP contribution is -2.38. The number of rotatable bonds is 4. The van der Waals surface area contributed by atoms with Gasteiger partial charge in [0, 0.05) is 11.7 Å². The lowest BCUT2D eigenvalue weighted by Gasteiger charge is -2.22. The molecular formula is C23H19N3O4S. The zero-order chi connectivity index (χ0) is 21.5. The Morgan fingerprint density at radius 3 is 2.90 bits per heavy atom. The Morgan fingerprint density at radius 1 is 1.26 bits per heavy atom. The van der Waals surface area contributed by atoms with Gasteiger partial charge in [-0.15, -0.1) is 11.3 Å². The SMILES string of the molecule is Cc1noc2nc(-c3cccs3)cc(C(=O)OCC(=O)N3c4ccccc4CC3C)c12. The van der Waals surface area contributed by atoms with E-state index < -0.39 is 5.97 Å². The van der Waals surface area contributed by atoms with Crippen molar-refractivity contribution >= 4 is 40.0 Å². The van der Waals surface area contributed by atoms with E-state index in [1.54, 1.807) is 17.9 Å². The average molecular weight is 433 g/mol. The Bertz CT molecular complexity index is 1300. The number of benzene rings is 1. The van der Waals surface area contributed by atoms with Crippen LogP contribution in [0.2, 0.25) is 0 Å². The highest BCUT2D eigenvalue weighted by Gasteiger charge is 2.31. The molecule has 31 heavy (non-hydrogen) atoms. The first-order valence-electron chi connectivity index (χ1n) is 9.91. The van der Waals surface area contributed by atoms with Crippen molar-refractivity contribution in [3.63, 3.8) is 0 Å². The molecule has 5 rings (SSSR count). The quantitative estimate of drug-likeness (QED) is 0.444. The van der Waals surface area contributed by atoms with Gasteiger partial charge in [-0.3, -0.25) is 4.79 Å². The number of carbonyl (C=O) groups excluding carboxylic acids is 2.